The molecule has 1 heterocycles. The molecule has 0 fully saturated rings. The van der Waals surface area contributed by atoms with E-state index < -0.39 is 0 Å². The predicted octanol–water partition coefficient (Wildman–Crippen LogP) is 3.66. The van der Waals surface area contributed by atoms with Crippen molar-refractivity contribution in [2.24, 2.45) is 5.73 Å². The van der Waals surface area contributed by atoms with Crippen LogP contribution in [0.5, 0.6) is 0 Å². The molecule has 0 saturated carbocycles. The number of nitrogens with two attached hydrogens (primary N) is 1. The summed E-state index contributed by atoms with van der Waals surface area (Å²) >= 11 is 0. The highest BCUT2D eigenvalue weighted by molar-refractivity contribution is 8.76. The number of rotatable bonds is 15. The second kappa shape index (κ2) is 13.4. The Bertz CT molecular complexity index is 557. The van der Waals surface area contributed by atoms with Gasteiger partial charge < -0.3 is 20.5 Å². The molecule has 1 aromatic heterocycles. The van der Waals surface area contributed by atoms with Crippen LogP contribution in [0, 0.1) is 0 Å². The van der Waals surface area contributed by atoms with Crippen LogP contribution in [-0.4, -0.2) is 54.1 Å². The molecule has 8 heteroatoms. The summed E-state index contributed by atoms with van der Waals surface area (Å²) in [4.78, 5) is 16.1. The van der Waals surface area contributed by atoms with Gasteiger partial charge in [-0.1, -0.05) is 16.9 Å². The van der Waals surface area contributed by atoms with Crippen molar-refractivity contribution in [3.63, 3.8) is 0 Å². The van der Waals surface area contributed by atoms with Crippen molar-refractivity contribution in [2.75, 3.05) is 32.1 Å². The van der Waals surface area contributed by atoms with Crippen molar-refractivity contribution in [3.05, 3.63) is 24.4 Å². The van der Waals surface area contributed by atoms with E-state index in [1.165, 1.54) is 0 Å². The van der Waals surface area contributed by atoms with Gasteiger partial charge >= 0.3 is 0 Å². The summed E-state index contributed by atoms with van der Waals surface area (Å²) in [5.41, 5.74) is 5.10. The van der Waals surface area contributed by atoms with E-state index in [1.807, 2.05) is 32.0 Å². The molecule has 0 aliphatic carbocycles. The van der Waals surface area contributed by atoms with Gasteiger partial charge in [0.15, 0.2) is 0 Å². The molecule has 1 aromatic rings. The number of carbonyl (C=O) groups excluding carboxylic acids is 1. The minimum Gasteiger partial charge on any atom is -0.375 e. The summed E-state index contributed by atoms with van der Waals surface area (Å²) in [6, 6.07) is 5.81. The lowest BCUT2D eigenvalue weighted by Crippen LogP contribution is -2.34. The summed E-state index contributed by atoms with van der Waals surface area (Å²) in [6.07, 6.45) is 3.87. The molecule has 3 N–H and O–H groups in total. The van der Waals surface area contributed by atoms with Crippen LogP contribution in [0.1, 0.15) is 47.0 Å². The molecule has 0 radical (unpaired) electrons. The maximum absolute atomic E-state index is 11.9. The fourth-order valence-corrected chi connectivity index (χ4v) is 4.17. The van der Waals surface area contributed by atoms with Crippen molar-refractivity contribution in [1.82, 2.24) is 10.3 Å². The average molecular weight is 430 g/mol. The topological polar surface area (TPSA) is 86.5 Å². The van der Waals surface area contributed by atoms with Crippen LogP contribution in [0.3, 0.4) is 0 Å². The Hall–Kier alpha value is -0.800. The number of ether oxygens (including phenoxy) is 2. The number of carbonyl (C=O) groups is 1. The fraction of sp³-hybridized carbons (Fsp3) is 0.700. The third-order valence-corrected chi connectivity index (χ3v) is 6.32. The Balaban J connectivity index is 2.07. The van der Waals surface area contributed by atoms with E-state index >= 15 is 0 Å². The molecular weight excluding hydrogens is 394 g/mol. The predicted molar refractivity (Wildman–Crippen MR) is 119 cm³/mol. The summed E-state index contributed by atoms with van der Waals surface area (Å²) in [5.74, 6) is 0.789. The maximum atomic E-state index is 11.9. The van der Waals surface area contributed by atoms with E-state index in [9.17, 15) is 4.79 Å². The van der Waals surface area contributed by atoms with Crippen molar-refractivity contribution >= 4 is 27.5 Å². The summed E-state index contributed by atoms with van der Waals surface area (Å²) < 4.78 is 11.8. The highest BCUT2D eigenvalue weighted by Crippen LogP contribution is 2.29. The van der Waals surface area contributed by atoms with Gasteiger partial charge in [0, 0.05) is 24.9 Å². The van der Waals surface area contributed by atoms with Gasteiger partial charge in [0.25, 0.3) is 0 Å². The standard InChI is InChI=1S/C20H35N3O3S2/c1-19(2,9-11-21)25-14-10-20(3,4)26-15-13-22-17(24)8-16-27-28-18-7-5-6-12-23-18/h5-7,12H,8-11,13-16,21H2,1-4H3,(H,22,24). The summed E-state index contributed by atoms with van der Waals surface area (Å²) in [6.45, 7) is 10.4. The minimum atomic E-state index is -0.293. The van der Waals surface area contributed by atoms with Crippen LogP contribution in [0.15, 0.2) is 29.4 Å². The van der Waals surface area contributed by atoms with Crippen molar-refractivity contribution < 1.29 is 14.3 Å². The zero-order valence-corrected chi connectivity index (χ0v) is 19.2. The van der Waals surface area contributed by atoms with Crippen LogP contribution in [0.2, 0.25) is 0 Å². The second-order valence-electron chi connectivity index (χ2n) is 7.68. The molecule has 0 aliphatic heterocycles. The SMILES string of the molecule is CC(C)(CCN)OCCC(C)(C)OCCNC(=O)CCSSc1ccccn1. The Morgan fingerprint density at radius 3 is 2.54 bits per heavy atom. The number of hydrogen-bond donors (Lipinski definition) is 2. The van der Waals surface area contributed by atoms with Gasteiger partial charge in [-0.3, -0.25) is 4.79 Å². The molecule has 6 nitrogen and oxygen atoms in total. The van der Waals surface area contributed by atoms with E-state index in [4.69, 9.17) is 15.2 Å². The van der Waals surface area contributed by atoms with Gasteiger partial charge in [-0.25, -0.2) is 4.98 Å². The first-order valence-electron chi connectivity index (χ1n) is 9.69. The lowest BCUT2D eigenvalue weighted by Gasteiger charge is -2.29. The second-order valence-corrected chi connectivity index (χ2v) is 10.1. The molecule has 0 aliphatic rings. The van der Waals surface area contributed by atoms with Gasteiger partial charge in [-0.15, -0.1) is 0 Å². The number of nitrogens with one attached hydrogen (secondary N) is 1. The first-order valence-corrected chi connectivity index (χ1v) is 12.0. The van der Waals surface area contributed by atoms with Gasteiger partial charge in [-0.05, 0) is 70.0 Å². The van der Waals surface area contributed by atoms with Crippen molar-refractivity contribution in [2.45, 2.75) is 63.2 Å². The lowest BCUT2D eigenvalue weighted by atomic mass is 10.0. The van der Waals surface area contributed by atoms with E-state index in [2.05, 4.69) is 24.1 Å². The van der Waals surface area contributed by atoms with Gasteiger partial charge in [0.2, 0.25) is 5.91 Å². The fourth-order valence-electron chi connectivity index (χ4n) is 2.30. The molecule has 0 bridgehead atoms. The van der Waals surface area contributed by atoms with Gasteiger partial charge in [-0.2, -0.15) is 0 Å². The Morgan fingerprint density at radius 2 is 1.86 bits per heavy atom. The van der Waals surface area contributed by atoms with E-state index in [0.29, 0.717) is 32.7 Å². The molecule has 0 aromatic carbocycles. The molecule has 0 unspecified atom stereocenters. The Labute approximate surface area is 177 Å². The molecule has 28 heavy (non-hydrogen) atoms. The largest absolute Gasteiger partial charge is 0.375 e. The number of pyridine rings is 1. The zero-order valence-electron chi connectivity index (χ0n) is 17.5. The number of nitrogens with zero attached hydrogens (tertiary/aromatic N) is 1. The molecule has 0 spiro atoms. The van der Waals surface area contributed by atoms with Crippen molar-refractivity contribution in [3.8, 4) is 0 Å². The normalized spacial score (nSPS) is 12.2. The highest BCUT2D eigenvalue weighted by atomic mass is 33.1. The van der Waals surface area contributed by atoms with E-state index in [0.717, 1.165) is 23.6 Å². The molecular formula is C20H35N3O3S2. The first kappa shape index (κ1) is 25.2. The minimum absolute atomic E-state index is 0.0439. The number of amides is 1. The molecule has 160 valence electrons. The van der Waals surface area contributed by atoms with Crippen LogP contribution >= 0.6 is 21.6 Å². The Kier molecular flexibility index (Phi) is 12.1. The quantitative estimate of drug-likeness (QED) is 0.325. The highest BCUT2D eigenvalue weighted by Gasteiger charge is 2.22. The Morgan fingerprint density at radius 1 is 1.14 bits per heavy atom. The molecule has 0 atom stereocenters. The third-order valence-electron chi connectivity index (χ3n) is 4.05. The van der Waals surface area contributed by atoms with Crippen molar-refractivity contribution in [1.29, 1.82) is 0 Å². The monoisotopic (exact) mass is 429 g/mol. The van der Waals surface area contributed by atoms with Gasteiger partial charge in [0.1, 0.15) is 5.03 Å². The summed E-state index contributed by atoms with van der Waals surface area (Å²) in [7, 11) is 3.22. The van der Waals surface area contributed by atoms with Crippen LogP contribution in [-0.2, 0) is 14.3 Å². The van der Waals surface area contributed by atoms with Crippen LogP contribution in [0.4, 0.5) is 0 Å². The number of aromatic nitrogens is 1. The van der Waals surface area contributed by atoms with E-state index in [-0.39, 0.29) is 17.1 Å². The maximum Gasteiger partial charge on any atom is 0.220 e. The number of hydrogen-bond acceptors (Lipinski definition) is 7. The third kappa shape index (κ3) is 12.6. The van der Waals surface area contributed by atoms with E-state index in [1.54, 1.807) is 27.8 Å². The van der Waals surface area contributed by atoms with Crippen LogP contribution in [0.25, 0.3) is 0 Å². The lowest BCUT2D eigenvalue weighted by molar-refractivity contribution is -0.121. The van der Waals surface area contributed by atoms with Crippen LogP contribution < -0.4 is 11.1 Å². The smallest absolute Gasteiger partial charge is 0.220 e. The zero-order chi connectivity index (χ0) is 20.9. The molecule has 1 amide bonds. The molecule has 1 rings (SSSR count). The first-order chi connectivity index (χ1) is 13.2. The van der Waals surface area contributed by atoms with Gasteiger partial charge in [0.05, 0.1) is 24.4 Å². The molecule has 0 saturated heterocycles. The summed E-state index contributed by atoms with van der Waals surface area (Å²) in [5, 5.41) is 3.86. The average Bonchev–Trinajstić information content (AvgIpc) is 2.63.